The predicted molar refractivity (Wildman–Crippen MR) is 121 cm³/mol. The second-order valence-electron chi connectivity index (χ2n) is 8.71. The standard InChI is InChI=1S/C24H22FN7O2/c1-14-7-17(25)20(8-22(14)31-9-21(26-12-31)15-5-6-15)29-24(33)19-4-2-3-18(28-19)23-30-27-13-32(23)16-10-34-11-16/h2-4,7-9,12-13,15-16H,5-6,10-11H2,1H3,(H,29,33). The largest absolute Gasteiger partial charge is 0.377 e. The van der Waals surface area contributed by atoms with Crippen LogP contribution >= 0.6 is 0 Å². The molecule has 1 saturated heterocycles. The van der Waals surface area contributed by atoms with Gasteiger partial charge in [0.05, 0.1) is 42.7 Å². The second kappa shape index (κ2) is 8.14. The van der Waals surface area contributed by atoms with Crippen molar-refractivity contribution in [2.45, 2.75) is 31.7 Å². The lowest BCUT2D eigenvalue weighted by molar-refractivity contribution is -0.0228. The van der Waals surface area contributed by atoms with Crippen LogP contribution in [0.3, 0.4) is 0 Å². The number of aryl methyl sites for hydroxylation is 1. The second-order valence-corrected chi connectivity index (χ2v) is 8.71. The number of anilines is 1. The van der Waals surface area contributed by atoms with Gasteiger partial charge >= 0.3 is 0 Å². The number of nitrogens with one attached hydrogen (secondary N) is 1. The minimum Gasteiger partial charge on any atom is -0.377 e. The molecule has 1 aliphatic heterocycles. The highest BCUT2D eigenvalue weighted by atomic mass is 19.1. The van der Waals surface area contributed by atoms with Crippen molar-refractivity contribution in [3.05, 3.63) is 72.0 Å². The fraction of sp³-hybridized carbons (Fsp3) is 0.292. The van der Waals surface area contributed by atoms with E-state index in [-0.39, 0.29) is 17.4 Å². The van der Waals surface area contributed by atoms with Crippen molar-refractivity contribution in [1.82, 2.24) is 29.3 Å². The third-order valence-corrected chi connectivity index (χ3v) is 6.21. The van der Waals surface area contributed by atoms with Gasteiger partial charge in [-0.15, -0.1) is 10.2 Å². The van der Waals surface area contributed by atoms with E-state index in [9.17, 15) is 9.18 Å². The van der Waals surface area contributed by atoms with E-state index >= 15 is 0 Å². The zero-order valence-electron chi connectivity index (χ0n) is 18.5. The SMILES string of the molecule is Cc1cc(F)c(NC(=O)c2cccc(-c3nncn3C3COC3)n2)cc1-n1cnc(C2CC2)c1. The predicted octanol–water partition coefficient (Wildman–Crippen LogP) is 3.67. The summed E-state index contributed by atoms with van der Waals surface area (Å²) in [7, 11) is 0. The number of amides is 1. The van der Waals surface area contributed by atoms with Crippen LogP contribution in [0.15, 0.2) is 49.2 Å². The Balaban J connectivity index is 1.27. The summed E-state index contributed by atoms with van der Waals surface area (Å²) in [4.78, 5) is 21.9. The van der Waals surface area contributed by atoms with Gasteiger partial charge in [0.15, 0.2) is 5.82 Å². The molecule has 9 nitrogen and oxygen atoms in total. The molecule has 34 heavy (non-hydrogen) atoms. The van der Waals surface area contributed by atoms with Gasteiger partial charge in [-0.1, -0.05) is 6.07 Å². The number of nitrogens with zero attached hydrogens (tertiary/aromatic N) is 6. The van der Waals surface area contributed by atoms with E-state index in [4.69, 9.17) is 4.74 Å². The maximum atomic E-state index is 14.8. The van der Waals surface area contributed by atoms with Crippen LogP contribution in [-0.2, 0) is 4.74 Å². The first-order valence-electron chi connectivity index (χ1n) is 11.2. The van der Waals surface area contributed by atoms with Crippen molar-refractivity contribution in [3.8, 4) is 17.2 Å². The van der Waals surface area contributed by atoms with Crippen LogP contribution < -0.4 is 5.32 Å². The van der Waals surface area contributed by atoms with Crippen LogP contribution in [-0.4, -0.2) is 48.4 Å². The maximum absolute atomic E-state index is 14.8. The molecule has 0 spiro atoms. The van der Waals surface area contributed by atoms with E-state index in [1.54, 1.807) is 36.9 Å². The van der Waals surface area contributed by atoms with E-state index < -0.39 is 11.7 Å². The highest BCUT2D eigenvalue weighted by molar-refractivity contribution is 6.03. The lowest BCUT2D eigenvalue weighted by Crippen LogP contribution is -2.30. The molecule has 0 atom stereocenters. The fourth-order valence-corrected chi connectivity index (χ4v) is 4.04. The van der Waals surface area contributed by atoms with Gasteiger partial charge in [-0.05, 0) is 49.6 Å². The molecular formula is C24H22FN7O2. The Labute approximate surface area is 194 Å². The Kier molecular flexibility index (Phi) is 4.95. The molecule has 1 aliphatic carbocycles. The molecule has 1 N–H and O–H groups in total. The average Bonchev–Trinajstić information content (AvgIpc) is 3.34. The van der Waals surface area contributed by atoms with E-state index in [2.05, 4.69) is 25.5 Å². The van der Waals surface area contributed by atoms with Crippen molar-refractivity contribution in [2.75, 3.05) is 18.5 Å². The number of carbonyl (C=O) groups excluding carboxylic acids is 1. The van der Waals surface area contributed by atoms with Crippen LogP contribution in [0.5, 0.6) is 0 Å². The Hall–Kier alpha value is -3.92. The van der Waals surface area contributed by atoms with Crippen molar-refractivity contribution in [3.63, 3.8) is 0 Å². The number of carbonyl (C=O) groups is 1. The number of benzene rings is 1. The number of imidazole rings is 1. The Morgan fingerprint density at radius 2 is 2.06 bits per heavy atom. The molecule has 1 amide bonds. The van der Waals surface area contributed by atoms with Gasteiger partial charge in [-0.3, -0.25) is 4.79 Å². The molecule has 6 rings (SSSR count). The summed E-state index contributed by atoms with van der Waals surface area (Å²) in [6.45, 7) is 2.99. The Morgan fingerprint density at radius 3 is 2.82 bits per heavy atom. The summed E-state index contributed by atoms with van der Waals surface area (Å²) >= 11 is 0. The van der Waals surface area contributed by atoms with Crippen molar-refractivity contribution < 1.29 is 13.9 Å². The summed E-state index contributed by atoms with van der Waals surface area (Å²) in [5.74, 6) is 0.0383. The number of ether oxygens (including phenoxy) is 1. The Morgan fingerprint density at radius 1 is 1.21 bits per heavy atom. The van der Waals surface area contributed by atoms with Crippen molar-refractivity contribution in [2.24, 2.45) is 0 Å². The van der Waals surface area contributed by atoms with Crippen LogP contribution in [0, 0.1) is 12.7 Å². The summed E-state index contributed by atoms with van der Waals surface area (Å²) in [5.41, 5.74) is 3.28. The Bertz CT molecular complexity index is 1390. The first-order chi connectivity index (χ1) is 16.6. The molecule has 4 aromatic rings. The van der Waals surface area contributed by atoms with Gasteiger partial charge in [0.25, 0.3) is 5.91 Å². The number of halogens is 1. The average molecular weight is 459 g/mol. The van der Waals surface area contributed by atoms with Crippen LogP contribution in [0.4, 0.5) is 10.1 Å². The minimum absolute atomic E-state index is 0.0780. The van der Waals surface area contributed by atoms with Gasteiger partial charge in [-0.25, -0.2) is 14.4 Å². The molecule has 0 radical (unpaired) electrons. The van der Waals surface area contributed by atoms with Crippen molar-refractivity contribution >= 4 is 11.6 Å². The third kappa shape index (κ3) is 3.75. The first-order valence-corrected chi connectivity index (χ1v) is 11.2. The fourth-order valence-electron chi connectivity index (χ4n) is 4.04. The molecular weight excluding hydrogens is 437 g/mol. The number of pyridine rings is 1. The molecule has 1 aromatic carbocycles. The summed E-state index contributed by atoms with van der Waals surface area (Å²) in [6, 6.07) is 8.24. The molecule has 4 heterocycles. The van der Waals surface area contributed by atoms with E-state index in [0.717, 1.165) is 29.8 Å². The topological polar surface area (TPSA) is 99.8 Å². The lowest BCUT2D eigenvalue weighted by Gasteiger charge is -2.27. The zero-order valence-corrected chi connectivity index (χ0v) is 18.5. The van der Waals surface area contributed by atoms with Gasteiger partial charge in [0.1, 0.15) is 23.5 Å². The van der Waals surface area contributed by atoms with Crippen LogP contribution in [0.2, 0.25) is 0 Å². The number of hydrogen-bond donors (Lipinski definition) is 1. The molecule has 2 aliphatic rings. The summed E-state index contributed by atoms with van der Waals surface area (Å²) in [5, 5.41) is 10.8. The van der Waals surface area contributed by atoms with Gasteiger partial charge in [0.2, 0.25) is 0 Å². The molecule has 3 aromatic heterocycles. The number of rotatable bonds is 6. The van der Waals surface area contributed by atoms with Gasteiger partial charge in [-0.2, -0.15) is 0 Å². The zero-order chi connectivity index (χ0) is 23.2. The van der Waals surface area contributed by atoms with Crippen LogP contribution in [0.25, 0.3) is 17.2 Å². The smallest absolute Gasteiger partial charge is 0.274 e. The summed E-state index contributed by atoms with van der Waals surface area (Å²) in [6.07, 6.45) is 7.63. The maximum Gasteiger partial charge on any atom is 0.274 e. The summed E-state index contributed by atoms with van der Waals surface area (Å²) < 4.78 is 23.8. The van der Waals surface area contributed by atoms with E-state index in [0.29, 0.717) is 30.7 Å². The van der Waals surface area contributed by atoms with Crippen LogP contribution in [0.1, 0.15) is 46.5 Å². The first kappa shape index (κ1) is 20.7. The normalized spacial score (nSPS) is 15.8. The van der Waals surface area contributed by atoms with Crippen molar-refractivity contribution in [1.29, 1.82) is 0 Å². The molecule has 10 heteroatoms. The van der Waals surface area contributed by atoms with E-state index in [1.807, 2.05) is 22.3 Å². The van der Waals surface area contributed by atoms with E-state index in [1.165, 1.54) is 6.07 Å². The van der Waals surface area contributed by atoms with Gasteiger partial charge < -0.3 is 19.2 Å². The third-order valence-electron chi connectivity index (χ3n) is 6.21. The monoisotopic (exact) mass is 459 g/mol. The van der Waals surface area contributed by atoms with Gasteiger partial charge in [0, 0.05) is 12.1 Å². The minimum atomic E-state index is -0.516. The quantitative estimate of drug-likeness (QED) is 0.472. The molecule has 2 fully saturated rings. The highest BCUT2D eigenvalue weighted by Crippen LogP contribution is 2.39. The molecule has 172 valence electrons. The molecule has 0 unspecified atom stereocenters. The number of hydrogen-bond acceptors (Lipinski definition) is 6. The molecule has 0 bridgehead atoms. The molecule has 1 saturated carbocycles. The number of aromatic nitrogens is 6. The lowest BCUT2D eigenvalue weighted by atomic mass is 10.1. The highest BCUT2D eigenvalue weighted by Gasteiger charge is 2.26.